The average Bonchev–Trinajstić information content (AvgIpc) is 2.41. The lowest BCUT2D eigenvalue weighted by atomic mass is 9.92. The quantitative estimate of drug-likeness (QED) is 0.892. The second-order valence-corrected chi connectivity index (χ2v) is 5.08. The molecule has 1 aromatic heterocycles. The van der Waals surface area contributed by atoms with Gasteiger partial charge in [-0.2, -0.15) is 5.26 Å². The number of nitriles is 1. The average molecular weight is 259 g/mol. The predicted molar refractivity (Wildman–Crippen MR) is 69.2 cm³/mol. The maximum atomic E-state index is 11.3. The maximum Gasteiger partial charge on any atom is 0.320 e. The molecular formula is C14H17N3O2. The number of aromatic nitrogens is 1. The molecular weight excluding hydrogens is 242 g/mol. The summed E-state index contributed by atoms with van der Waals surface area (Å²) in [5.41, 5.74) is 1.18. The van der Waals surface area contributed by atoms with Gasteiger partial charge in [-0.25, -0.2) is 4.98 Å². The van der Waals surface area contributed by atoms with Crippen LogP contribution in [0.25, 0.3) is 0 Å². The Morgan fingerprint density at radius 3 is 3.16 bits per heavy atom. The normalized spacial score (nSPS) is 23.8. The van der Waals surface area contributed by atoms with Gasteiger partial charge in [0.25, 0.3) is 0 Å². The molecule has 0 aliphatic carbocycles. The van der Waals surface area contributed by atoms with E-state index in [4.69, 9.17) is 5.26 Å². The Hall–Kier alpha value is -1.93. The molecule has 0 radical (unpaired) electrons. The van der Waals surface area contributed by atoms with Crippen molar-refractivity contribution in [2.24, 2.45) is 5.92 Å². The summed E-state index contributed by atoms with van der Waals surface area (Å²) in [5, 5.41) is 18.3. The number of hydrogen-bond donors (Lipinski definition) is 1. The molecule has 1 aliphatic heterocycles. The molecule has 19 heavy (non-hydrogen) atoms. The van der Waals surface area contributed by atoms with Crippen LogP contribution >= 0.6 is 0 Å². The zero-order valence-electron chi connectivity index (χ0n) is 10.9. The summed E-state index contributed by atoms with van der Waals surface area (Å²) in [6, 6.07) is 5.20. The van der Waals surface area contributed by atoms with E-state index in [0.717, 1.165) is 18.5 Å². The second-order valence-electron chi connectivity index (χ2n) is 5.08. The van der Waals surface area contributed by atoms with E-state index >= 15 is 0 Å². The number of carbonyl (C=O) groups is 1. The van der Waals surface area contributed by atoms with Crippen molar-refractivity contribution >= 4 is 5.97 Å². The predicted octanol–water partition coefficient (Wildman–Crippen LogP) is 1.64. The minimum atomic E-state index is -0.783. The van der Waals surface area contributed by atoms with E-state index < -0.39 is 12.0 Å². The van der Waals surface area contributed by atoms with Gasteiger partial charge in [-0.3, -0.25) is 9.69 Å². The molecule has 100 valence electrons. The fraction of sp³-hybridized carbons (Fsp3) is 0.500. The molecule has 1 aromatic rings. The Kier molecular flexibility index (Phi) is 4.13. The molecule has 1 aliphatic rings. The van der Waals surface area contributed by atoms with Crippen LogP contribution in [-0.2, 0) is 11.3 Å². The van der Waals surface area contributed by atoms with Crippen molar-refractivity contribution in [3.8, 4) is 6.07 Å². The lowest BCUT2D eigenvalue weighted by Crippen LogP contribution is -2.46. The first kappa shape index (κ1) is 13.5. The largest absolute Gasteiger partial charge is 0.480 e. The standard InChI is InChI=1S/C14H17N3O2/c1-10-4-6-17(13(7-10)14(18)19)9-11-3-2-5-16-12(11)8-15/h2-3,5,10,13H,4,6-7,9H2,1H3,(H,18,19). The van der Waals surface area contributed by atoms with Crippen molar-refractivity contribution in [3.05, 3.63) is 29.6 Å². The third-order valence-corrected chi connectivity index (χ3v) is 3.63. The van der Waals surface area contributed by atoms with E-state index in [1.807, 2.05) is 11.0 Å². The molecule has 0 amide bonds. The highest BCUT2D eigenvalue weighted by Crippen LogP contribution is 2.24. The SMILES string of the molecule is CC1CCN(Cc2cccnc2C#N)C(C(=O)O)C1. The van der Waals surface area contributed by atoms with Crippen LogP contribution in [0.4, 0.5) is 0 Å². The van der Waals surface area contributed by atoms with Crippen molar-refractivity contribution < 1.29 is 9.90 Å². The Bertz CT molecular complexity index is 510. The number of rotatable bonds is 3. The third-order valence-electron chi connectivity index (χ3n) is 3.63. The van der Waals surface area contributed by atoms with Gasteiger partial charge < -0.3 is 5.11 Å². The van der Waals surface area contributed by atoms with Gasteiger partial charge in [0, 0.05) is 18.3 Å². The Balaban J connectivity index is 2.17. The summed E-state index contributed by atoms with van der Waals surface area (Å²) in [6.07, 6.45) is 3.23. The van der Waals surface area contributed by atoms with E-state index in [2.05, 4.69) is 18.0 Å². The number of carboxylic acid groups (broad SMARTS) is 1. The Morgan fingerprint density at radius 2 is 2.47 bits per heavy atom. The van der Waals surface area contributed by atoms with Crippen molar-refractivity contribution in [1.29, 1.82) is 5.26 Å². The smallest absolute Gasteiger partial charge is 0.320 e. The molecule has 1 saturated heterocycles. The first-order valence-corrected chi connectivity index (χ1v) is 6.42. The molecule has 2 atom stereocenters. The first-order valence-electron chi connectivity index (χ1n) is 6.42. The van der Waals surface area contributed by atoms with Crippen LogP contribution in [0.15, 0.2) is 18.3 Å². The van der Waals surface area contributed by atoms with Gasteiger partial charge in [0.05, 0.1) is 0 Å². The molecule has 2 unspecified atom stereocenters. The zero-order chi connectivity index (χ0) is 13.8. The first-order chi connectivity index (χ1) is 9.11. The van der Waals surface area contributed by atoms with Gasteiger partial charge in [0.1, 0.15) is 17.8 Å². The van der Waals surface area contributed by atoms with Crippen LogP contribution in [0.5, 0.6) is 0 Å². The van der Waals surface area contributed by atoms with Crippen LogP contribution in [0.2, 0.25) is 0 Å². The van der Waals surface area contributed by atoms with E-state index in [-0.39, 0.29) is 0 Å². The molecule has 2 rings (SSSR count). The van der Waals surface area contributed by atoms with Gasteiger partial charge in [0.2, 0.25) is 0 Å². The molecule has 5 nitrogen and oxygen atoms in total. The van der Waals surface area contributed by atoms with Crippen LogP contribution in [0.3, 0.4) is 0 Å². The number of pyridine rings is 1. The van der Waals surface area contributed by atoms with Crippen molar-refractivity contribution in [3.63, 3.8) is 0 Å². The van der Waals surface area contributed by atoms with Crippen molar-refractivity contribution in [1.82, 2.24) is 9.88 Å². The molecule has 0 spiro atoms. The molecule has 5 heteroatoms. The van der Waals surface area contributed by atoms with Crippen LogP contribution in [0.1, 0.15) is 31.0 Å². The summed E-state index contributed by atoms with van der Waals surface area (Å²) < 4.78 is 0. The molecule has 0 saturated carbocycles. The van der Waals surface area contributed by atoms with Crippen LogP contribution in [0, 0.1) is 17.2 Å². The summed E-state index contributed by atoms with van der Waals surface area (Å²) in [5.74, 6) is -0.351. The monoisotopic (exact) mass is 259 g/mol. The summed E-state index contributed by atoms with van der Waals surface area (Å²) >= 11 is 0. The van der Waals surface area contributed by atoms with E-state index in [9.17, 15) is 9.90 Å². The van der Waals surface area contributed by atoms with Gasteiger partial charge in [-0.15, -0.1) is 0 Å². The molecule has 1 N–H and O–H groups in total. The highest BCUT2D eigenvalue weighted by Gasteiger charge is 2.31. The van der Waals surface area contributed by atoms with E-state index in [1.165, 1.54) is 0 Å². The van der Waals surface area contributed by atoms with Gasteiger partial charge in [-0.1, -0.05) is 13.0 Å². The van der Waals surface area contributed by atoms with Crippen molar-refractivity contribution in [2.75, 3.05) is 6.54 Å². The van der Waals surface area contributed by atoms with E-state index in [0.29, 0.717) is 24.6 Å². The minimum Gasteiger partial charge on any atom is -0.480 e. The fourth-order valence-corrected chi connectivity index (χ4v) is 2.52. The number of hydrogen-bond acceptors (Lipinski definition) is 4. The molecule has 1 fully saturated rings. The van der Waals surface area contributed by atoms with Gasteiger partial charge in [-0.05, 0) is 31.4 Å². The number of likely N-dealkylation sites (tertiary alicyclic amines) is 1. The summed E-state index contributed by atoms with van der Waals surface area (Å²) in [6.45, 7) is 3.30. The number of piperidine rings is 1. The summed E-state index contributed by atoms with van der Waals surface area (Å²) in [7, 11) is 0. The number of carboxylic acids is 1. The van der Waals surface area contributed by atoms with Gasteiger partial charge in [0.15, 0.2) is 0 Å². The molecule has 0 bridgehead atoms. The highest BCUT2D eigenvalue weighted by atomic mass is 16.4. The highest BCUT2D eigenvalue weighted by molar-refractivity contribution is 5.73. The van der Waals surface area contributed by atoms with Crippen LogP contribution in [-0.4, -0.2) is 33.5 Å². The minimum absolute atomic E-state index is 0.380. The van der Waals surface area contributed by atoms with Gasteiger partial charge >= 0.3 is 5.97 Å². The lowest BCUT2D eigenvalue weighted by molar-refractivity contribution is -0.145. The second kappa shape index (κ2) is 5.81. The zero-order valence-corrected chi connectivity index (χ0v) is 10.9. The maximum absolute atomic E-state index is 11.3. The summed E-state index contributed by atoms with van der Waals surface area (Å²) in [4.78, 5) is 17.3. The van der Waals surface area contributed by atoms with Crippen LogP contribution < -0.4 is 0 Å². The number of aliphatic carboxylic acids is 1. The Labute approximate surface area is 112 Å². The lowest BCUT2D eigenvalue weighted by Gasteiger charge is -2.36. The van der Waals surface area contributed by atoms with Crippen molar-refractivity contribution in [2.45, 2.75) is 32.4 Å². The fourth-order valence-electron chi connectivity index (χ4n) is 2.52. The topological polar surface area (TPSA) is 77.2 Å². The van der Waals surface area contributed by atoms with E-state index in [1.54, 1.807) is 12.3 Å². The Morgan fingerprint density at radius 1 is 1.68 bits per heavy atom. The third kappa shape index (κ3) is 3.09. The number of nitrogens with zero attached hydrogens (tertiary/aromatic N) is 3. The molecule has 2 heterocycles. The molecule has 0 aromatic carbocycles.